The first-order valence-corrected chi connectivity index (χ1v) is 6.94. The third-order valence-corrected chi connectivity index (χ3v) is 3.42. The van der Waals surface area contributed by atoms with E-state index in [0.29, 0.717) is 6.10 Å². The molecule has 0 bridgehead atoms. The molecule has 4 heteroatoms. The Kier molecular flexibility index (Phi) is 5.21. The summed E-state index contributed by atoms with van der Waals surface area (Å²) in [5.74, 6) is 0. The number of nitrogens with one attached hydrogen (secondary N) is 1. The number of carbonyl (C=O) groups excluding carboxylic acids is 1. The Morgan fingerprint density at radius 1 is 1.42 bits per heavy atom. The lowest BCUT2D eigenvalue weighted by Gasteiger charge is -2.18. The molecule has 0 radical (unpaired) electrons. The number of nitrogens with zero attached hydrogens (tertiary/aromatic N) is 1. The van der Waals surface area contributed by atoms with Gasteiger partial charge in [-0.3, -0.25) is 0 Å². The number of carbonyl (C=O) groups is 1. The van der Waals surface area contributed by atoms with Crippen LogP contribution in [0.4, 0.5) is 10.5 Å². The second-order valence-corrected chi connectivity index (χ2v) is 4.99. The number of amides is 2. The maximum Gasteiger partial charge on any atom is 0.321 e. The molecule has 0 aliphatic carbocycles. The first-order chi connectivity index (χ1) is 9.25. The highest BCUT2D eigenvalue weighted by molar-refractivity contribution is 5.89. The molecule has 0 saturated carbocycles. The third kappa shape index (κ3) is 4.56. The van der Waals surface area contributed by atoms with E-state index < -0.39 is 0 Å². The number of anilines is 1. The molecule has 1 aliphatic rings. The maximum absolute atomic E-state index is 11.9. The summed E-state index contributed by atoms with van der Waals surface area (Å²) in [5, 5.41) is 2.88. The van der Waals surface area contributed by atoms with Crippen molar-refractivity contribution >= 4 is 11.7 Å². The summed E-state index contributed by atoms with van der Waals surface area (Å²) in [5.41, 5.74) is 0.832. The van der Waals surface area contributed by atoms with Crippen LogP contribution in [-0.2, 0) is 4.74 Å². The zero-order valence-corrected chi connectivity index (χ0v) is 11.5. The van der Waals surface area contributed by atoms with E-state index in [1.54, 1.807) is 4.90 Å². The molecular weight excluding hydrogens is 240 g/mol. The predicted molar refractivity (Wildman–Crippen MR) is 76.3 cm³/mol. The molecule has 2 amide bonds. The molecule has 1 aliphatic heterocycles. The Hall–Kier alpha value is -1.55. The number of para-hydroxylation sites is 1. The van der Waals surface area contributed by atoms with Crippen molar-refractivity contribution in [1.82, 2.24) is 4.90 Å². The molecule has 1 atom stereocenters. The standard InChI is InChI=1S/C15H22N2O2/c1-17(11-5-9-14-10-6-12-19-14)15(18)16-13-7-3-2-4-8-13/h2-4,7-8,14H,5-6,9-12H2,1H3,(H,16,18)/t14-/m0/s1. The molecule has 1 saturated heterocycles. The highest BCUT2D eigenvalue weighted by Gasteiger charge is 2.15. The maximum atomic E-state index is 11.9. The quantitative estimate of drug-likeness (QED) is 0.886. The van der Waals surface area contributed by atoms with E-state index in [-0.39, 0.29) is 6.03 Å². The van der Waals surface area contributed by atoms with Gasteiger partial charge >= 0.3 is 6.03 Å². The van der Waals surface area contributed by atoms with Crippen LogP contribution < -0.4 is 5.32 Å². The van der Waals surface area contributed by atoms with Crippen molar-refractivity contribution in [3.63, 3.8) is 0 Å². The Balaban J connectivity index is 1.67. The van der Waals surface area contributed by atoms with Gasteiger partial charge in [-0.05, 0) is 37.8 Å². The van der Waals surface area contributed by atoms with Crippen molar-refractivity contribution in [2.45, 2.75) is 31.8 Å². The summed E-state index contributed by atoms with van der Waals surface area (Å²) in [6.45, 7) is 1.66. The normalized spacial score (nSPS) is 18.3. The Morgan fingerprint density at radius 2 is 2.21 bits per heavy atom. The number of hydrogen-bond donors (Lipinski definition) is 1. The van der Waals surface area contributed by atoms with Gasteiger partial charge in [0.1, 0.15) is 0 Å². The third-order valence-electron chi connectivity index (χ3n) is 3.42. The molecule has 104 valence electrons. The zero-order valence-electron chi connectivity index (χ0n) is 11.5. The fourth-order valence-electron chi connectivity index (χ4n) is 2.27. The smallest absolute Gasteiger partial charge is 0.321 e. The first-order valence-electron chi connectivity index (χ1n) is 6.94. The van der Waals surface area contributed by atoms with E-state index in [1.807, 2.05) is 37.4 Å². The molecule has 0 spiro atoms. The average Bonchev–Trinajstić information content (AvgIpc) is 2.93. The van der Waals surface area contributed by atoms with Gasteiger partial charge in [0.15, 0.2) is 0 Å². The highest BCUT2D eigenvalue weighted by Crippen LogP contribution is 2.16. The van der Waals surface area contributed by atoms with Gasteiger partial charge in [0, 0.05) is 25.9 Å². The van der Waals surface area contributed by atoms with Crippen LogP contribution >= 0.6 is 0 Å². The lowest BCUT2D eigenvalue weighted by Crippen LogP contribution is -2.32. The molecule has 0 unspecified atom stereocenters. The number of hydrogen-bond acceptors (Lipinski definition) is 2. The van der Waals surface area contributed by atoms with E-state index in [2.05, 4.69) is 5.32 Å². The average molecular weight is 262 g/mol. The molecule has 1 aromatic rings. The molecule has 1 fully saturated rings. The van der Waals surface area contributed by atoms with Crippen LogP contribution in [0.3, 0.4) is 0 Å². The Bertz CT molecular complexity index is 388. The molecule has 0 aromatic heterocycles. The molecule has 1 N–H and O–H groups in total. The SMILES string of the molecule is CN(CCC[C@H]1CCCO1)C(=O)Nc1ccccc1. The van der Waals surface area contributed by atoms with E-state index in [1.165, 1.54) is 12.8 Å². The zero-order chi connectivity index (χ0) is 13.5. The van der Waals surface area contributed by atoms with Gasteiger partial charge in [0.2, 0.25) is 0 Å². The van der Waals surface area contributed by atoms with Crippen LogP contribution in [0.25, 0.3) is 0 Å². The molecule has 2 rings (SSSR count). The van der Waals surface area contributed by atoms with E-state index in [0.717, 1.165) is 31.7 Å². The van der Waals surface area contributed by atoms with Crippen LogP contribution in [-0.4, -0.2) is 37.2 Å². The fraction of sp³-hybridized carbons (Fsp3) is 0.533. The summed E-state index contributed by atoms with van der Waals surface area (Å²) in [4.78, 5) is 13.6. The lowest BCUT2D eigenvalue weighted by atomic mass is 10.1. The number of benzene rings is 1. The van der Waals surface area contributed by atoms with Crippen molar-refractivity contribution in [2.24, 2.45) is 0 Å². The van der Waals surface area contributed by atoms with Crippen LogP contribution in [0.5, 0.6) is 0 Å². The number of ether oxygens (including phenoxy) is 1. The van der Waals surface area contributed by atoms with Crippen molar-refractivity contribution in [3.8, 4) is 0 Å². The summed E-state index contributed by atoms with van der Waals surface area (Å²) >= 11 is 0. The molecule has 1 heterocycles. The van der Waals surface area contributed by atoms with Crippen molar-refractivity contribution in [1.29, 1.82) is 0 Å². The van der Waals surface area contributed by atoms with Crippen LogP contribution in [0, 0.1) is 0 Å². The minimum absolute atomic E-state index is 0.0569. The van der Waals surface area contributed by atoms with Gasteiger partial charge in [0.25, 0.3) is 0 Å². The number of urea groups is 1. The summed E-state index contributed by atoms with van der Waals surface area (Å²) in [6.07, 6.45) is 4.78. The number of rotatable bonds is 5. The van der Waals surface area contributed by atoms with Crippen LogP contribution in [0.2, 0.25) is 0 Å². The van der Waals surface area contributed by atoms with Crippen molar-refractivity contribution in [2.75, 3.05) is 25.5 Å². The summed E-state index contributed by atoms with van der Waals surface area (Å²) in [7, 11) is 1.83. The predicted octanol–water partition coefficient (Wildman–Crippen LogP) is 3.11. The largest absolute Gasteiger partial charge is 0.378 e. The first kappa shape index (κ1) is 13.9. The monoisotopic (exact) mass is 262 g/mol. The second kappa shape index (κ2) is 7.14. The molecule has 1 aromatic carbocycles. The van der Waals surface area contributed by atoms with Crippen molar-refractivity contribution in [3.05, 3.63) is 30.3 Å². The minimum atomic E-state index is -0.0569. The van der Waals surface area contributed by atoms with Crippen molar-refractivity contribution < 1.29 is 9.53 Å². The highest BCUT2D eigenvalue weighted by atomic mass is 16.5. The van der Waals surface area contributed by atoms with E-state index in [4.69, 9.17) is 4.74 Å². The topological polar surface area (TPSA) is 41.6 Å². The molecule has 4 nitrogen and oxygen atoms in total. The second-order valence-electron chi connectivity index (χ2n) is 4.99. The Morgan fingerprint density at radius 3 is 2.89 bits per heavy atom. The van der Waals surface area contributed by atoms with Gasteiger partial charge < -0.3 is 15.0 Å². The van der Waals surface area contributed by atoms with Crippen LogP contribution in [0.15, 0.2) is 30.3 Å². The van der Waals surface area contributed by atoms with Gasteiger partial charge in [-0.25, -0.2) is 4.79 Å². The molecular formula is C15H22N2O2. The van der Waals surface area contributed by atoms with Gasteiger partial charge in [-0.2, -0.15) is 0 Å². The van der Waals surface area contributed by atoms with E-state index >= 15 is 0 Å². The fourth-order valence-corrected chi connectivity index (χ4v) is 2.27. The lowest BCUT2D eigenvalue weighted by molar-refractivity contribution is 0.101. The summed E-state index contributed by atoms with van der Waals surface area (Å²) < 4.78 is 5.57. The Labute approximate surface area is 114 Å². The molecule has 19 heavy (non-hydrogen) atoms. The van der Waals surface area contributed by atoms with E-state index in [9.17, 15) is 4.79 Å². The van der Waals surface area contributed by atoms with Gasteiger partial charge in [-0.1, -0.05) is 18.2 Å². The van der Waals surface area contributed by atoms with Gasteiger partial charge in [-0.15, -0.1) is 0 Å². The minimum Gasteiger partial charge on any atom is -0.378 e. The van der Waals surface area contributed by atoms with Gasteiger partial charge in [0.05, 0.1) is 6.10 Å². The summed E-state index contributed by atoms with van der Waals surface area (Å²) in [6, 6.07) is 9.47. The van der Waals surface area contributed by atoms with Crippen LogP contribution in [0.1, 0.15) is 25.7 Å².